The van der Waals surface area contributed by atoms with Gasteiger partial charge in [-0.3, -0.25) is 9.59 Å². The van der Waals surface area contributed by atoms with E-state index in [-0.39, 0.29) is 29.8 Å². The van der Waals surface area contributed by atoms with Crippen molar-refractivity contribution in [2.24, 2.45) is 11.8 Å². The number of anilines is 1. The van der Waals surface area contributed by atoms with E-state index >= 15 is 0 Å². The third-order valence-electron chi connectivity index (χ3n) is 5.59. The third kappa shape index (κ3) is 5.10. The van der Waals surface area contributed by atoms with Crippen LogP contribution >= 0.6 is 0 Å². The van der Waals surface area contributed by atoms with Crippen LogP contribution in [-0.4, -0.2) is 44.1 Å². The Morgan fingerprint density at radius 2 is 1.71 bits per heavy atom. The van der Waals surface area contributed by atoms with Crippen molar-refractivity contribution in [2.75, 3.05) is 25.6 Å². The molecule has 1 aliphatic heterocycles. The Labute approximate surface area is 165 Å². The normalized spacial score (nSPS) is 24.4. The highest BCUT2D eigenvalue weighted by Crippen LogP contribution is 2.30. The Hall–Kier alpha value is -2.41. The van der Waals surface area contributed by atoms with E-state index in [4.69, 9.17) is 9.47 Å². The molecule has 1 aromatic rings. The molecular weight excluding hydrogens is 360 g/mol. The number of amides is 2. The van der Waals surface area contributed by atoms with E-state index in [1.807, 2.05) is 0 Å². The Kier molecular flexibility index (Phi) is 7.03. The number of benzene rings is 1. The van der Waals surface area contributed by atoms with E-state index in [0.29, 0.717) is 43.5 Å². The monoisotopic (exact) mass is 388 g/mol. The lowest BCUT2D eigenvalue weighted by Crippen LogP contribution is -2.38. The molecule has 2 N–H and O–H groups in total. The lowest BCUT2D eigenvalue weighted by molar-refractivity contribution is -0.128. The highest BCUT2D eigenvalue weighted by atomic mass is 16.5. The molecular formula is C21H28N2O5. The molecule has 7 nitrogen and oxygen atoms in total. The molecule has 1 heterocycles. The molecule has 0 bridgehead atoms. The zero-order chi connectivity index (χ0) is 19.9. The van der Waals surface area contributed by atoms with Crippen molar-refractivity contribution in [3.63, 3.8) is 0 Å². The summed E-state index contributed by atoms with van der Waals surface area (Å²) in [7, 11) is 1.31. The fourth-order valence-corrected chi connectivity index (χ4v) is 3.90. The Morgan fingerprint density at radius 1 is 1.04 bits per heavy atom. The van der Waals surface area contributed by atoms with Crippen LogP contribution in [0.4, 0.5) is 5.69 Å². The minimum Gasteiger partial charge on any atom is -0.465 e. The molecule has 1 saturated carbocycles. The molecule has 2 aliphatic rings. The summed E-state index contributed by atoms with van der Waals surface area (Å²) in [5, 5.41) is 5.83. The van der Waals surface area contributed by atoms with Crippen LogP contribution in [0.25, 0.3) is 0 Å². The summed E-state index contributed by atoms with van der Waals surface area (Å²) in [5.41, 5.74) is 0.788. The SMILES string of the molecule is COC(=O)c1ccccc1NC(=O)C1CCC(C(=O)NCC2CCCO2)CC1. The first kappa shape index (κ1) is 20.3. The lowest BCUT2D eigenvalue weighted by atomic mass is 9.81. The number of carbonyl (C=O) groups excluding carboxylic acids is 3. The Morgan fingerprint density at radius 3 is 2.36 bits per heavy atom. The second kappa shape index (κ2) is 9.68. The van der Waals surface area contributed by atoms with Crippen LogP contribution in [0.15, 0.2) is 24.3 Å². The van der Waals surface area contributed by atoms with Crippen LogP contribution < -0.4 is 10.6 Å². The molecule has 0 spiro atoms. The average molecular weight is 388 g/mol. The maximum atomic E-state index is 12.6. The standard InChI is InChI=1S/C21H28N2O5/c1-27-21(26)17-6-2-3-7-18(17)23-20(25)15-10-8-14(9-11-15)19(24)22-13-16-5-4-12-28-16/h2-3,6-7,14-16H,4-5,8-13H2,1H3,(H,22,24)(H,23,25). The van der Waals surface area contributed by atoms with E-state index in [9.17, 15) is 14.4 Å². The fourth-order valence-electron chi connectivity index (χ4n) is 3.90. The molecule has 1 aliphatic carbocycles. The van der Waals surface area contributed by atoms with E-state index in [2.05, 4.69) is 10.6 Å². The summed E-state index contributed by atoms with van der Waals surface area (Å²) in [6, 6.07) is 6.80. The van der Waals surface area contributed by atoms with E-state index < -0.39 is 5.97 Å². The highest BCUT2D eigenvalue weighted by molar-refractivity contribution is 6.01. The van der Waals surface area contributed by atoms with Crippen molar-refractivity contribution in [1.82, 2.24) is 5.32 Å². The van der Waals surface area contributed by atoms with Gasteiger partial charge in [0.25, 0.3) is 0 Å². The van der Waals surface area contributed by atoms with E-state index in [0.717, 1.165) is 19.4 Å². The first-order valence-electron chi connectivity index (χ1n) is 9.96. The zero-order valence-electron chi connectivity index (χ0n) is 16.2. The van der Waals surface area contributed by atoms with Gasteiger partial charge in [0.1, 0.15) is 0 Å². The molecule has 152 valence electrons. The van der Waals surface area contributed by atoms with Crippen molar-refractivity contribution in [3.8, 4) is 0 Å². The minimum absolute atomic E-state index is 0.0483. The summed E-state index contributed by atoms with van der Waals surface area (Å²) in [6.45, 7) is 1.35. The Balaban J connectivity index is 1.47. The summed E-state index contributed by atoms with van der Waals surface area (Å²) in [5.74, 6) is -0.747. The van der Waals surface area contributed by atoms with Gasteiger partial charge in [-0.1, -0.05) is 12.1 Å². The summed E-state index contributed by atoms with van der Waals surface area (Å²) >= 11 is 0. The lowest BCUT2D eigenvalue weighted by Gasteiger charge is -2.27. The first-order valence-corrected chi connectivity index (χ1v) is 9.96. The van der Waals surface area contributed by atoms with Gasteiger partial charge >= 0.3 is 5.97 Å². The number of nitrogens with one attached hydrogen (secondary N) is 2. The van der Waals surface area contributed by atoms with Gasteiger partial charge in [-0.25, -0.2) is 4.79 Å². The van der Waals surface area contributed by atoms with Crippen LogP contribution in [0.2, 0.25) is 0 Å². The van der Waals surface area contributed by atoms with Crippen LogP contribution in [0.5, 0.6) is 0 Å². The number of hydrogen-bond donors (Lipinski definition) is 2. The van der Waals surface area contributed by atoms with Gasteiger partial charge in [0.15, 0.2) is 0 Å². The van der Waals surface area contributed by atoms with Gasteiger partial charge < -0.3 is 20.1 Å². The highest BCUT2D eigenvalue weighted by Gasteiger charge is 2.31. The van der Waals surface area contributed by atoms with E-state index in [1.165, 1.54) is 7.11 Å². The van der Waals surface area contributed by atoms with Crippen molar-refractivity contribution in [3.05, 3.63) is 29.8 Å². The minimum atomic E-state index is -0.484. The summed E-state index contributed by atoms with van der Waals surface area (Å²) in [4.78, 5) is 36.8. The predicted octanol–water partition coefficient (Wildman–Crippen LogP) is 2.51. The van der Waals surface area contributed by atoms with Crippen molar-refractivity contribution < 1.29 is 23.9 Å². The van der Waals surface area contributed by atoms with Crippen LogP contribution in [0.3, 0.4) is 0 Å². The van der Waals surface area contributed by atoms with Crippen molar-refractivity contribution >= 4 is 23.5 Å². The third-order valence-corrected chi connectivity index (χ3v) is 5.59. The number of rotatable bonds is 6. The molecule has 1 aromatic carbocycles. The number of hydrogen-bond acceptors (Lipinski definition) is 5. The second-order valence-electron chi connectivity index (χ2n) is 7.46. The maximum absolute atomic E-state index is 12.6. The molecule has 1 atom stereocenters. The molecule has 3 rings (SSSR count). The van der Waals surface area contributed by atoms with Gasteiger partial charge in [-0.2, -0.15) is 0 Å². The van der Waals surface area contributed by atoms with Crippen LogP contribution in [0.1, 0.15) is 48.9 Å². The number of carbonyl (C=O) groups is 3. The molecule has 1 saturated heterocycles. The van der Waals surface area contributed by atoms with Gasteiger partial charge in [0.2, 0.25) is 11.8 Å². The molecule has 1 unspecified atom stereocenters. The molecule has 2 amide bonds. The molecule has 7 heteroatoms. The largest absolute Gasteiger partial charge is 0.465 e. The number of methoxy groups -OCH3 is 1. The molecule has 0 aromatic heterocycles. The smallest absolute Gasteiger partial charge is 0.339 e. The van der Waals surface area contributed by atoms with Crippen LogP contribution in [0, 0.1) is 11.8 Å². The fraction of sp³-hybridized carbons (Fsp3) is 0.571. The van der Waals surface area contributed by atoms with Gasteiger partial charge in [-0.15, -0.1) is 0 Å². The van der Waals surface area contributed by atoms with Gasteiger partial charge in [0.05, 0.1) is 24.5 Å². The maximum Gasteiger partial charge on any atom is 0.339 e. The number of esters is 1. The predicted molar refractivity (Wildman–Crippen MR) is 104 cm³/mol. The summed E-state index contributed by atoms with van der Waals surface area (Å²) in [6.07, 6.45) is 4.89. The quantitative estimate of drug-likeness (QED) is 0.731. The zero-order valence-corrected chi connectivity index (χ0v) is 16.2. The Bertz CT molecular complexity index is 707. The molecule has 28 heavy (non-hydrogen) atoms. The van der Waals surface area contributed by atoms with Crippen LogP contribution in [-0.2, 0) is 19.1 Å². The summed E-state index contributed by atoms with van der Waals surface area (Å²) < 4.78 is 10.3. The topological polar surface area (TPSA) is 93.7 Å². The molecule has 0 radical (unpaired) electrons. The second-order valence-corrected chi connectivity index (χ2v) is 7.46. The average Bonchev–Trinajstić information content (AvgIpc) is 3.25. The van der Waals surface area contributed by atoms with Crippen molar-refractivity contribution in [2.45, 2.75) is 44.6 Å². The first-order chi connectivity index (χ1) is 13.6. The van der Waals surface area contributed by atoms with E-state index in [1.54, 1.807) is 24.3 Å². The number of ether oxygens (including phenoxy) is 2. The van der Waals surface area contributed by atoms with Gasteiger partial charge in [0, 0.05) is 25.0 Å². The van der Waals surface area contributed by atoms with Gasteiger partial charge in [-0.05, 0) is 50.7 Å². The number of para-hydroxylation sites is 1. The van der Waals surface area contributed by atoms with Crippen molar-refractivity contribution in [1.29, 1.82) is 0 Å². The molecule has 2 fully saturated rings.